The van der Waals surface area contributed by atoms with Gasteiger partial charge in [0.25, 0.3) is 0 Å². The molecule has 0 fully saturated rings. The third kappa shape index (κ3) is 4.68. The smallest absolute Gasteiger partial charge is 0.231 e. The molecule has 0 atom stereocenters. The molecule has 1 aromatic rings. The number of nitrogen functional groups attached to an aromatic ring is 1. The van der Waals surface area contributed by atoms with Gasteiger partial charge in [0.05, 0.1) is 0 Å². The molecule has 2 N–H and O–H groups in total. The number of hydrogen-bond donors (Lipinski definition) is 1. The molecule has 0 aliphatic carbocycles. The molecule has 0 aromatic carbocycles. The second-order valence-corrected chi connectivity index (χ2v) is 5.54. The largest absolute Gasteiger partial charge is 0.368 e. The van der Waals surface area contributed by atoms with E-state index in [9.17, 15) is 0 Å². The summed E-state index contributed by atoms with van der Waals surface area (Å²) >= 11 is 1.65. The van der Waals surface area contributed by atoms with Crippen LogP contribution in [0.2, 0.25) is 0 Å². The van der Waals surface area contributed by atoms with Crippen molar-refractivity contribution in [2.45, 2.75) is 39.3 Å². The van der Waals surface area contributed by atoms with E-state index in [0.29, 0.717) is 17.8 Å². The molecule has 0 radical (unpaired) electrons. The van der Waals surface area contributed by atoms with Gasteiger partial charge in [-0.3, -0.25) is 0 Å². The third-order valence-electron chi connectivity index (χ3n) is 2.59. The summed E-state index contributed by atoms with van der Waals surface area (Å²) < 4.78 is 0. The Hall–Kier alpha value is -1.04. The van der Waals surface area contributed by atoms with Gasteiger partial charge in [-0.25, -0.2) is 0 Å². The second-order valence-electron chi connectivity index (χ2n) is 4.48. The van der Waals surface area contributed by atoms with Gasteiger partial charge in [0, 0.05) is 18.8 Å². The van der Waals surface area contributed by atoms with Gasteiger partial charge in [-0.15, -0.1) is 0 Å². The van der Waals surface area contributed by atoms with Crippen LogP contribution in [0, 0.1) is 5.92 Å². The van der Waals surface area contributed by atoms with Crippen LogP contribution in [0.25, 0.3) is 0 Å². The number of nitrogens with two attached hydrogens (primary N) is 1. The Balaban J connectivity index is 2.74. The highest BCUT2D eigenvalue weighted by molar-refractivity contribution is 7.99. The van der Waals surface area contributed by atoms with E-state index in [1.807, 2.05) is 0 Å². The minimum absolute atomic E-state index is 0.305. The number of rotatable bonds is 7. The minimum atomic E-state index is 0.305. The average molecular weight is 269 g/mol. The Morgan fingerprint density at radius 2 is 1.83 bits per heavy atom. The highest BCUT2D eigenvalue weighted by Gasteiger charge is 2.10. The molecule has 0 amide bonds. The molecule has 1 rings (SSSR count). The fourth-order valence-corrected chi connectivity index (χ4v) is 2.54. The molecule has 5 nitrogen and oxygen atoms in total. The Bertz CT molecular complexity index is 365. The molecular formula is C12H23N5S. The Kier molecular flexibility index (Phi) is 6.18. The van der Waals surface area contributed by atoms with E-state index in [1.165, 1.54) is 0 Å². The summed E-state index contributed by atoms with van der Waals surface area (Å²) in [7, 11) is 0. The maximum atomic E-state index is 5.74. The summed E-state index contributed by atoms with van der Waals surface area (Å²) in [5, 5.41) is 0.727. The van der Waals surface area contributed by atoms with Gasteiger partial charge >= 0.3 is 0 Å². The fourth-order valence-electron chi connectivity index (χ4n) is 1.46. The van der Waals surface area contributed by atoms with Crippen LogP contribution >= 0.6 is 11.8 Å². The van der Waals surface area contributed by atoms with Crippen molar-refractivity contribution in [3.8, 4) is 0 Å². The van der Waals surface area contributed by atoms with Gasteiger partial charge in [-0.2, -0.15) is 15.0 Å². The predicted octanol–water partition coefficient (Wildman–Crippen LogP) is 2.44. The zero-order valence-corrected chi connectivity index (χ0v) is 12.5. The first kappa shape index (κ1) is 15.0. The van der Waals surface area contributed by atoms with E-state index in [4.69, 9.17) is 5.73 Å². The van der Waals surface area contributed by atoms with Crippen LogP contribution in [0.15, 0.2) is 5.16 Å². The SMILES string of the molecule is CCN(CC)c1nc(N)nc(SCCC(C)C)n1. The maximum Gasteiger partial charge on any atom is 0.231 e. The molecule has 6 heteroatoms. The van der Waals surface area contributed by atoms with E-state index in [1.54, 1.807) is 11.8 Å². The van der Waals surface area contributed by atoms with E-state index in [0.717, 1.165) is 30.4 Å². The zero-order valence-electron chi connectivity index (χ0n) is 11.7. The Labute approximate surface area is 114 Å². The number of anilines is 2. The zero-order chi connectivity index (χ0) is 13.5. The molecule has 102 valence electrons. The summed E-state index contributed by atoms with van der Waals surface area (Å²) in [6.07, 6.45) is 1.15. The second kappa shape index (κ2) is 7.41. The molecule has 18 heavy (non-hydrogen) atoms. The molecular weight excluding hydrogens is 246 g/mol. The quantitative estimate of drug-likeness (QED) is 0.767. The molecule has 1 heterocycles. The van der Waals surface area contributed by atoms with Crippen molar-refractivity contribution in [3.05, 3.63) is 0 Å². The van der Waals surface area contributed by atoms with Gasteiger partial charge in [0.15, 0.2) is 5.16 Å². The first-order chi connectivity index (χ1) is 8.56. The fraction of sp³-hybridized carbons (Fsp3) is 0.750. The van der Waals surface area contributed by atoms with E-state index < -0.39 is 0 Å². The molecule has 0 aliphatic rings. The number of thioether (sulfide) groups is 1. The van der Waals surface area contributed by atoms with Crippen LogP contribution in [0.3, 0.4) is 0 Å². The summed E-state index contributed by atoms with van der Waals surface area (Å²) in [6.45, 7) is 10.3. The number of nitrogens with zero attached hydrogens (tertiary/aromatic N) is 4. The van der Waals surface area contributed by atoms with Crippen LogP contribution in [-0.4, -0.2) is 33.8 Å². The summed E-state index contributed by atoms with van der Waals surface area (Å²) in [5.41, 5.74) is 5.74. The van der Waals surface area contributed by atoms with Crippen LogP contribution in [0.5, 0.6) is 0 Å². The normalized spacial score (nSPS) is 10.9. The van der Waals surface area contributed by atoms with Crippen molar-refractivity contribution in [1.82, 2.24) is 15.0 Å². The van der Waals surface area contributed by atoms with E-state index in [-0.39, 0.29) is 0 Å². The number of aromatic nitrogens is 3. The minimum Gasteiger partial charge on any atom is -0.368 e. The molecule has 0 bridgehead atoms. The van der Waals surface area contributed by atoms with Crippen molar-refractivity contribution in [2.24, 2.45) is 5.92 Å². The monoisotopic (exact) mass is 269 g/mol. The lowest BCUT2D eigenvalue weighted by Gasteiger charge is -2.18. The maximum absolute atomic E-state index is 5.74. The highest BCUT2D eigenvalue weighted by Crippen LogP contribution is 2.19. The molecule has 0 unspecified atom stereocenters. The van der Waals surface area contributed by atoms with Crippen molar-refractivity contribution < 1.29 is 0 Å². The van der Waals surface area contributed by atoms with Gasteiger partial charge in [-0.05, 0) is 26.2 Å². The third-order valence-corrected chi connectivity index (χ3v) is 3.47. The lowest BCUT2D eigenvalue weighted by molar-refractivity contribution is 0.631. The standard InChI is InChI=1S/C12H23N5S/c1-5-17(6-2)11-14-10(13)15-12(16-11)18-8-7-9(3)4/h9H,5-8H2,1-4H3,(H2,13,14,15,16). The van der Waals surface area contributed by atoms with E-state index >= 15 is 0 Å². The van der Waals surface area contributed by atoms with Crippen molar-refractivity contribution >= 4 is 23.7 Å². The van der Waals surface area contributed by atoms with Crippen LogP contribution < -0.4 is 10.6 Å². The summed E-state index contributed by atoms with van der Waals surface area (Å²) in [5.74, 6) is 2.69. The van der Waals surface area contributed by atoms with Crippen molar-refractivity contribution in [1.29, 1.82) is 0 Å². The first-order valence-electron chi connectivity index (χ1n) is 6.46. The van der Waals surface area contributed by atoms with Gasteiger partial charge in [-0.1, -0.05) is 25.6 Å². The van der Waals surface area contributed by atoms with Crippen LogP contribution in [0.1, 0.15) is 34.1 Å². The Morgan fingerprint density at radius 1 is 1.17 bits per heavy atom. The summed E-state index contributed by atoms with van der Waals surface area (Å²) in [6, 6.07) is 0. The molecule has 0 saturated carbocycles. The van der Waals surface area contributed by atoms with Gasteiger partial charge in [0.2, 0.25) is 11.9 Å². The van der Waals surface area contributed by atoms with E-state index in [2.05, 4.69) is 47.5 Å². The van der Waals surface area contributed by atoms with Gasteiger partial charge < -0.3 is 10.6 Å². The molecule has 0 aliphatic heterocycles. The van der Waals surface area contributed by atoms with Crippen LogP contribution in [0.4, 0.5) is 11.9 Å². The first-order valence-corrected chi connectivity index (χ1v) is 7.44. The predicted molar refractivity (Wildman–Crippen MR) is 78.0 cm³/mol. The molecule has 1 aromatic heterocycles. The summed E-state index contributed by atoms with van der Waals surface area (Å²) in [4.78, 5) is 14.9. The Morgan fingerprint density at radius 3 is 2.39 bits per heavy atom. The average Bonchev–Trinajstić information content (AvgIpc) is 2.29. The van der Waals surface area contributed by atoms with Crippen molar-refractivity contribution in [3.63, 3.8) is 0 Å². The number of hydrogen-bond acceptors (Lipinski definition) is 6. The van der Waals surface area contributed by atoms with Crippen LogP contribution in [-0.2, 0) is 0 Å². The topological polar surface area (TPSA) is 67.9 Å². The molecule has 0 spiro atoms. The van der Waals surface area contributed by atoms with Crippen molar-refractivity contribution in [2.75, 3.05) is 29.5 Å². The lowest BCUT2D eigenvalue weighted by Crippen LogP contribution is -2.25. The highest BCUT2D eigenvalue weighted by atomic mass is 32.2. The molecule has 0 saturated heterocycles. The lowest BCUT2D eigenvalue weighted by atomic mass is 10.2. The van der Waals surface area contributed by atoms with Gasteiger partial charge in [0.1, 0.15) is 0 Å².